The molecule has 0 bridgehead atoms. The Bertz CT molecular complexity index is 224. The number of methoxy groups -OCH3 is 1. The first kappa shape index (κ1) is 8.83. The Morgan fingerprint density at radius 3 is 3.17 bits per heavy atom. The molecule has 0 N–H and O–H groups in total. The molecule has 1 heterocycles. The van der Waals surface area contributed by atoms with Gasteiger partial charge in [0.05, 0.1) is 19.8 Å². The molecule has 0 radical (unpaired) electrons. The van der Waals surface area contributed by atoms with Gasteiger partial charge in [0, 0.05) is 4.91 Å². The highest BCUT2D eigenvalue weighted by molar-refractivity contribution is 5.74. The fourth-order valence-corrected chi connectivity index (χ4v) is 1.06. The number of nitrogens with zero attached hydrogens (tertiary/aromatic N) is 3. The zero-order chi connectivity index (χ0) is 8.97. The van der Waals surface area contributed by atoms with E-state index in [-0.39, 0.29) is 6.04 Å². The fourth-order valence-electron chi connectivity index (χ4n) is 1.06. The van der Waals surface area contributed by atoms with Gasteiger partial charge in [0.2, 0.25) is 0 Å². The average molecular weight is 171 g/mol. The maximum Gasteiger partial charge on any atom is 0.334 e. The van der Waals surface area contributed by atoms with Crippen LogP contribution in [0.1, 0.15) is 6.42 Å². The Hall–Kier alpha value is -1.26. The molecule has 0 aromatic heterocycles. The Balaban J connectivity index is 2.45. The molecule has 66 valence electrons. The summed E-state index contributed by atoms with van der Waals surface area (Å²) in [6.07, 6.45) is -0.151. The molecule has 2 unspecified atom stereocenters. The number of carbonyl (C=O) groups excluding carboxylic acids is 1. The SMILES string of the molecule is COC(=O)C1CC(N=[N+]=[N-])CO1. The van der Waals surface area contributed by atoms with Crippen LogP contribution in [0, 0.1) is 0 Å². The lowest BCUT2D eigenvalue weighted by Crippen LogP contribution is -2.20. The van der Waals surface area contributed by atoms with Gasteiger partial charge in [-0.2, -0.15) is 0 Å². The monoisotopic (exact) mass is 171 g/mol. The van der Waals surface area contributed by atoms with E-state index in [0.29, 0.717) is 13.0 Å². The van der Waals surface area contributed by atoms with Crippen molar-refractivity contribution in [2.45, 2.75) is 18.6 Å². The van der Waals surface area contributed by atoms with E-state index in [0.717, 1.165) is 0 Å². The van der Waals surface area contributed by atoms with Crippen molar-refractivity contribution in [1.29, 1.82) is 0 Å². The van der Waals surface area contributed by atoms with Crippen molar-refractivity contribution in [3.8, 4) is 0 Å². The minimum absolute atomic E-state index is 0.237. The van der Waals surface area contributed by atoms with Crippen LogP contribution < -0.4 is 0 Å². The zero-order valence-electron chi connectivity index (χ0n) is 6.64. The van der Waals surface area contributed by atoms with Gasteiger partial charge in [-0.15, -0.1) is 0 Å². The topological polar surface area (TPSA) is 84.3 Å². The van der Waals surface area contributed by atoms with Crippen LogP contribution in [0.2, 0.25) is 0 Å². The highest BCUT2D eigenvalue weighted by Crippen LogP contribution is 2.17. The number of esters is 1. The van der Waals surface area contributed by atoms with Crippen molar-refractivity contribution in [3.63, 3.8) is 0 Å². The largest absolute Gasteiger partial charge is 0.467 e. The van der Waals surface area contributed by atoms with E-state index in [9.17, 15) is 4.79 Å². The Morgan fingerprint density at radius 1 is 1.83 bits per heavy atom. The molecule has 0 aromatic carbocycles. The first-order valence-electron chi connectivity index (χ1n) is 3.51. The third-order valence-corrected chi connectivity index (χ3v) is 1.65. The molecule has 0 aromatic rings. The van der Waals surface area contributed by atoms with Crippen molar-refractivity contribution in [2.75, 3.05) is 13.7 Å². The maximum absolute atomic E-state index is 10.9. The van der Waals surface area contributed by atoms with Crippen LogP contribution in [0.15, 0.2) is 5.11 Å². The van der Waals surface area contributed by atoms with E-state index in [1.165, 1.54) is 7.11 Å². The highest BCUT2D eigenvalue weighted by Gasteiger charge is 2.30. The molecule has 0 aliphatic carbocycles. The van der Waals surface area contributed by atoms with Crippen molar-refractivity contribution in [1.82, 2.24) is 0 Å². The second-order valence-corrected chi connectivity index (χ2v) is 2.44. The van der Waals surface area contributed by atoms with E-state index in [2.05, 4.69) is 14.8 Å². The van der Waals surface area contributed by atoms with Crippen LogP contribution >= 0.6 is 0 Å². The molecule has 6 nitrogen and oxygen atoms in total. The van der Waals surface area contributed by atoms with Gasteiger partial charge >= 0.3 is 5.97 Å². The lowest BCUT2D eigenvalue weighted by Gasteiger charge is -2.04. The van der Waals surface area contributed by atoms with Gasteiger partial charge in [-0.1, -0.05) is 5.11 Å². The first-order valence-corrected chi connectivity index (χ1v) is 3.51. The van der Waals surface area contributed by atoms with E-state index in [4.69, 9.17) is 10.3 Å². The van der Waals surface area contributed by atoms with Crippen LogP contribution in [0.4, 0.5) is 0 Å². The number of hydrogen-bond donors (Lipinski definition) is 0. The summed E-state index contributed by atoms with van der Waals surface area (Å²) in [7, 11) is 1.30. The van der Waals surface area contributed by atoms with Crippen molar-refractivity contribution < 1.29 is 14.3 Å². The molecule has 12 heavy (non-hydrogen) atoms. The van der Waals surface area contributed by atoms with Gasteiger partial charge in [0.1, 0.15) is 0 Å². The van der Waals surface area contributed by atoms with Gasteiger partial charge in [-0.05, 0) is 12.0 Å². The molecule has 2 atom stereocenters. The van der Waals surface area contributed by atoms with Crippen LogP contribution in [-0.4, -0.2) is 31.8 Å². The molecule has 1 saturated heterocycles. The number of ether oxygens (including phenoxy) is 2. The molecule has 1 fully saturated rings. The standard InChI is InChI=1S/C6H9N3O3/c1-11-6(10)5-2-4(3-12-5)8-9-7/h4-5H,2-3H2,1H3. The minimum atomic E-state index is -0.564. The normalized spacial score (nSPS) is 27.8. The Labute approximate surface area is 69.1 Å². The van der Waals surface area contributed by atoms with Crippen molar-refractivity contribution in [2.24, 2.45) is 5.11 Å². The molecule has 1 aliphatic rings. The molecule has 6 heteroatoms. The van der Waals surface area contributed by atoms with Gasteiger partial charge < -0.3 is 9.47 Å². The van der Waals surface area contributed by atoms with Crippen molar-refractivity contribution in [3.05, 3.63) is 10.4 Å². The van der Waals surface area contributed by atoms with E-state index < -0.39 is 12.1 Å². The van der Waals surface area contributed by atoms with Crippen LogP contribution in [-0.2, 0) is 14.3 Å². The average Bonchev–Trinajstić information content (AvgIpc) is 2.52. The lowest BCUT2D eigenvalue weighted by molar-refractivity contribution is -0.151. The van der Waals surface area contributed by atoms with Crippen molar-refractivity contribution >= 4 is 5.97 Å². The van der Waals surface area contributed by atoms with Gasteiger partial charge in [0.15, 0.2) is 6.10 Å². The summed E-state index contributed by atoms with van der Waals surface area (Å²) >= 11 is 0. The molecule has 1 aliphatic heterocycles. The molecule has 0 saturated carbocycles. The molecule has 1 rings (SSSR count). The summed E-state index contributed by atoms with van der Waals surface area (Å²) in [6.45, 7) is 0.295. The summed E-state index contributed by atoms with van der Waals surface area (Å²) in [6, 6.07) is -0.237. The maximum atomic E-state index is 10.9. The third kappa shape index (κ3) is 1.87. The smallest absolute Gasteiger partial charge is 0.334 e. The summed E-state index contributed by atoms with van der Waals surface area (Å²) in [5, 5.41) is 3.44. The lowest BCUT2D eigenvalue weighted by atomic mass is 10.2. The Morgan fingerprint density at radius 2 is 2.58 bits per heavy atom. The number of carbonyl (C=O) groups is 1. The molecular formula is C6H9N3O3. The molecular weight excluding hydrogens is 162 g/mol. The number of rotatable bonds is 2. The predicted molar refractivity (Wildman–Crippen MR) is 39.3 cm³/mol. The van der Waals surface area contributed by atoms with Gasteiger partial charge in [-0.3, -0.25) is 0 Å². The minimum Gasteiger partial charge on any atom is -0.467 e. The van der Waals surface area contributed by atoms with Crippen LogP contribution in [0.5, 0.6) is 0 Å². The summed E-state index contributed by atoms with van der Waals surface area (Å²) < 4.78 is 9.49. The highest BCUT2D eigenvalue weighted by atomic mass is 16.6. The van der Waals surface area contributed by atoms with E-state index >= 15 is 0 Å². The van der Waals surface area contributed by atoms with Gasteiger partial charge in [0.25, 0.3) is 0 Å². The quantitative estimate of drug-likeness (QED) is 0.264. The Kier molecular flexibility index (Phi) is 2.90. The first-order chi connectivity index (χ1) is 5.77. The van der Waals surface area contributed by atoms with E-state index in [1.807, 2.05) is 0 Å². The third-order valence-electron chi connectivity index (χ3n) is 1.65. The van der Waals surface area contributed by atoms with E-state index in [1.54, 1.807) is 0 Å². The summed E-state index contributed by atoms with van der Waals surface area (Å²) in [5.41, 5.74) is 8.10. The second-order valence-electron chi connectivity index (χ2n) is 2.44. The summed E-state index contributed by atoms with van der Waals surface area (Å²) in [5.74, 6) is -0.411. The van der Waals surface area contributed by atoms with Crippen LogP contribution in [0.3, 0.4) is 0 Å². The molecule has 0 amide bonds. The number of azide groups is 1. The fraction of sp³-hybridized carbons (Fsp3) is 0.833. The predicted octanol–water partition coefficient (Wildman–Crippen LogP) is 0.627. The van der Waals surface area contributed by atoms with Gasteiger partial charge in [-0.25, -0.2) is 4.79 Å². The molecule has 0 spiro atoms. The number of hydrogen-bond acceptors (Lipinski definition) is 4. The second kappa shape index (κ2) is 3.94. The van der Waals surface area contributed by atoms with Crippen LogP contribution in [0.25, 0.3) is 10.4 Å². The zero-order valence-corrected chi connectivity index (χ0v) is 6.64. The summed E-state index contributed by atoms with van der Waals surface area (Å²) in [4.78, 5) is 13.5.